The molecule has 2 heteroatoms. The van der Waals surface area contributed by atoms with Crippen LogP contribution >= 0.6 is 0 Å². The van der Waals surface area contributed by atoms with Gasteiger partial charge in [0, 0.05) is 25.1 Å². The Hall–Kier alpha value is -1.31. The van der Waals surface area contributed by atoms with Gasteiger partial charge in [-0.1, -0.05) is 32.0 Å². The van der Waals surface area contributed by atoms with Crippen molar-refractivity contribution in [3.63, 3.8) is 0 Å². The third-order valence-electron chi connectivity index (χ3n) is 4.16. The number of carbonyl (C=O) groups excluding carboxylic acids is 1. The molecular weight excluding hydrogens is 234 g/mol. The number of para-hydroxylation sites is 1. The van der Waals surface area contributed by atoms with Crippen LogP contribution in [0.5, 0.6) is 0 Å². The second-order valence-electron chi connectivity index (χ2n) is 6.06. The maximum absolute atomic E-state index is 11.3. The monoisotopic (exact) mass is 259 g/mol. The standard InChI is InChI=1S/C17H25NO/c1-12(2)16-6-4-5-13(3)17(16)18-11-14-7-9-15(19)10-8-14/h4-6,12,14,18H,7-11H2,1-3H3. The number of benzene rings is 1. The van der Waals surface area contributed by atoms with Crippen LogP contribution in [-0.4, -0.2) is 12.3 Å². The SMILES string of the molecule is Cc1cccc(C(C)C)c1NCC1CCC(=O)CC1. The molecule has 1 saturated carbocycles. The number of ketones is 1. The molecule has 1 aliphatic rings. The molecule has 0 saturated heterocycles. The quantitative estimate of drug-likeness (QED) is 0.874. The molecule has 0 unspecified atom stereocenters. The first-order chi connectivity index (χ1) is 9.08. The molecule has 2 rings (SSSR count). The number of hydrogen-bond donors (Lipinski definition) is 1. The Bertz CT molecular complexity index is 441. The highest BCUT2D eigenvalue weighted by atomic mass is 16.1. The fraction of sp³-hybridized carbons (Fsp3) is 0.588. The van der Waals surface area contributed by atoms with E-state index in [0.29, 0.717) is 17.6 Å². The zero-order chi connectivity index (χ0) is 13.8. The topological polar surface area (TPSA) is 29.1 Å². The van der Waals surface area contributed by atoms with Crippen LogP contribution in [0.25, 0.3) is 0 Å². The molecule has 0 bridgehead atoms. The predicted molar refractivity (Wildman–Crippen MR) is 80.7 cm³/mol. The molecule has 0 heterocycles. The second kappa shape index (κ2) is 6.23. The number of aryl methyl sites for hydroxylation is 1. The lowest BCUT2D eigenvalue weighted by molar-refractivity contribution is -0.120. The van der Waals surface area contributed by atoms with Gasteiger partial charge in [-0.3, -0.25) is 4.79 Å². The molecule has 0 aliphatic heterocycles. The fourth-order valence-corrected chi connectivity index (χ4v) is 2.86. The van der Waals surface area contributed by atoms with E-state index < -0.39 is 0 Å². The summed E-state index contributed by atoms with van der Waals surface area (Å²) < 4.78 is 0. The summed E-state index contributed by atoms with van der Waals surface area (Å²) in [6.07, 6.45) is 3.65. The molecule has 0 atom stereocenters. The van der Waals surface area contributed by atoms with Crippen LogP contribution in [0, 0.1) is 12.8 Å². The number of hydrogen-bond acceptors (Lipinski definition) is 2. The number of Topliss-reactive ketones (excluding diaryl/α,β-unsaturated/α-hetero) is 1. The van der Waals surface area contributed by atoms with Gasteiger partial charge in [-0.15, -0.1) is 0 Å². The Balaban J connectivity index is 2.01. The normalized spacial score (nSPS) is 16.9. The Kier molecular flexibility index (Phi) is 4.62. The largest absolute Gasteiger partial charge is 0.384 e. The maximum Gasteiger partial charge on any atom is 0.132 e. The molecule has 1 aromatic carbocycles. The highest BCUT2D eigenvalue weighted by Gasteiger charge is 2.19. The van der Waals surface area contributed by atoms with Gasteiger partial charge in [-0.25, -0.2) is 0 Å². The van der Waals surface area contributed by atoms with Crippen molar-refractivity contribution in [2.75, 3.05) is 11.9 Å². The van der Waals surface area contributed by atoms with Crippen molar-refractivity contribution in [3.05, 3.63) is 29.3 Å². The lowest BCUT2D eigenvalue weighted by Gasteiger charge is -2.24. The van der Waals surface area contributed by atoms with Crippen LogP contribution in [-0.2, 0) is 4.79 Å². The molecule has 1 aliphatic carbocycles. The highest BCUT2D eigenvalue weighted by Crippen LogP contribution is 2.29. The van der Waals surface area contributed by atoms with Gasteiger partial charge < -0.3 is 5.32 Å². The Morgan fingerprint density at radius 1 is 1.26 bits per heavy atom. The molecule has 1 N–H and O–H groups in total. The minimum Gasteiger partial charge on any atom is -0.384 e. The molecule has 1 aromatic rings. The van der Waals surface area contributed by atoms with Crippen molar-refractivity contribution in [2.45, 2.75) is 52.4 Å². The third-order valence-corrected chi connectivity index (χ3v) is 4.16. The molecule has 1 fully saturated rings. The first-order valence-electron chi connectivity index (χ1n) is 7.43. The summed E-state index contributed by atoms with van der Waals surface area (Å²) in [5, 5.41) is 3.64. The number of rotatable bonds is 4. The third kappa shape index (κ3) is 3.59. The smallest absolute Gasteiger partial charge is 0.132 e. The van der Waals surface area contributed by atoms with Gasteiger partial charge in [-0.2, -0.15) is 0 Å². The van der Waals surface area contributed by atoms with Crippen LogP contribution in [0.15, 0.2) is 18.2 Å². The lowest BCUT2D eigenvalue weighted by atomic mass is 9.88. The number of carbonyl (C=O) groups is 1. The van der Waals surface area contributed by atoms with Crippen LogP contribution in [0.3, 0.4) is 0 Å². The van der Waals surface area contributed by atoms with Crippen molar-refractivity contribution in [1.82, 2.24) is 0 Å². The van der Waals surface area contributed by atoms with E-state index in [9.17, 15) is 4.79 Å². The Morgan fingerprint density at radius 3 is 2.58 bits per heavy atom. The summed E-state index contributed by atoms with van der Waals surface area (Å²) in [5.74, 6) is 1.63. The molecule has 0 spiro atoms. The summed E-state index contributed by atoms with van der Waals surface area (Å²) in [5.41, 5.74) is 4.01. The van der Waals surface area contributed by atoms with Crippen molar-refractivity contribution in [3.8, 4) is 0 Å². The Morgan fingerprint density at radius 2 is 1.95 bits per heavy atom. The van der Waals surface area contributed by atoms with Crippen molar-refractivity contribution >= 4 is 11.5 Å². The van der Waals surface area contributed by atoms with E-state index in [2.05, 4.69) is 44.3 Å². The van der Waals surface area contributed by atoms with E-state index >= 15 is 0 Å². The summed E-state index contributed by atoms with van der Waals surface area (Å²) in [4.78, 5) is 11.3. The summed E-state index contributed by atoms with van der Waals surface area (Å²) in [6.45, 7) is 7.63. The number of anilines is 1. The molecule has 19 heavy (non-hydrogen) atoms. The van der Waals surface area contributed by atoms with E-state index in [4.69, 9.17) is 0 Å². The van der Waals surface area contributed by atoms with Gasteiger partial charge in [0.05, 0.1) is 0 Å². The number of nitrogens with one attached hydrogen (secondary N) is 1. The van der Waals surface area contributed by atoms with E-state index in [-0.39, 0.29) is 0 Å². The molecule has 2 nitrogen and oxygen atoms in total. The molecule has 104 valence electrons. The van der Waals surface area contributed by atoms with E-state index in [1.54, 1.807) is 0 Å². The van der Waals surface area contributed by atoms with Crippen molar-refractivity contribution in [2.24, 2.45) is 5.92 Å². The van der Waals surface area contributed by atoms with Gasteiger partial charge in [0.1, 0.15) is 5.78 Å². The Labute approximate surface area is 116 Å². The van der Waals surface area contributed by atoms with Crippen LogP contribution < -0.4 is 5.32 Å². The van der Waals surface area contributed by atoms with Gasteiger partial charge in [0.15, 0.2) is 0 Å². The average molecular weight is 259 g/mol. The zero-order valence-electron chi connectivity index (χ0n) is 12.3. The summed E-state index contributed by atoms with van der Waals surface area (Å²) in [7, 11) is 0. The lowest BCUT2D eigenvalue weighted by Crippen LogP contribution is -2.21. The summed E-state index contributed by atoms with van der Waals surface area (Å²) >= 11 is 0. The van der Waals surface area contributed by atoms with E-state index in [0.717, 1.165) is 32.2 Å². The minimum atomic E-state index is 0.440. The van der Waals surface area contributed by atoms with Crippen LogP contribution in [0.4, 0.5) is 5.69 Å². The van der Waals surface area contributed by atoms with Crippen molar-refractivity contribution in [1.29, 1.82) is 0 Å². The van der Waals surface area contributed by atoms with Gasteiger partial charge in [-0.05, 0) is 42.7 Å². The van der Waals surface area contributed by atoms with Crippen molar-refractivity contribution < 1.29 is 4.79 Å². The van der Waals surface area contributed by atoms with Gasteiger partial charge in [0.25, 0.3) is 0 Å². The minimum absolute atomic E-state index is 0.440. The second-order valence-corrected chi connectivity index (χ2v) is 6.06. The molecule has 0 amide bonds. The molecular formula is C17H25NO. The summed E-state index contributed by atoms with van der Waals surface area (Å²) in [6, 6.07) is 6.51. The van der Waals surface area contributed by atoms with Crippen LogP contribution in [0.1, 0.15) is 56.6 Å². The first kappa shape index (κ1) is 14.1. The van der Waals surface area contributed by atoms with Gasteiger partial charge in [0.2, 0.25) is 0 Å². The highest BCUT2D eigenvalue weighted by molar-refractivity contribution is 5.79. The first-order valence-corrected chi connectivity index (χ1v) is 7.43. The fourth-order valence-electron chi connectivity index (χ4n) is 2.86. The van der Waals surface area contributed by atoms with Crippen LogP contribution in [0.2, 0.25) is 0 Å². The predicted octanol–water partition coefficient (Wildman–Crippen LogP) is 4.29. The van der Waals surface area contributed by atoms with E-state index in [1.165, 1.54) is 16.8 Å². The zero-order valence-corrected chi connectivity index (χ0v) is 12.3. The maximum atomic E-state index is 11.3. The molecule has 0 aromatic heterocycles. The average Bonchev–Trinajstić information content (AvgIpc) is 2.39. The molecule has 0 radical (unpaired) electrons. The van der Waals surface area contributed by atoms with Gasteiger partial charge >= 0.3 is 0 Å². The van der Waals surface area contributed by atoms with E-state index in [1.807, 2.05) is 0 Å².